The lowest BCUT2D eigenvalue weighted by atomic mass is 9.90. The lowest BCUT2D eigenvalue weighted by Gasteiger charge is -2.34. The van der Waals surface area contributed by atoms with Crippen LogP contribution in [-0.2, 0) is 5.75 Å². The lowest BCUT2D eigenvalue weighted by molar-refractivity contribution is 0.177. The van der Waals surface area contributed by atoms with E-state index in [-0.39, 0.29) is 5.82 Å². The van der Waals surface area contributed by atoms with E-state index in [1.807, 2.05) is 10.7 Å². The molecule has 0 bridgehead atoms. The van der Waals surface area contributed by atoms with Crippen LogP contribution < -0.4 is 0 Å². The summed E-state index contributed by atoms with van der Waals surface area (Å²) in [5, 5.41) is 4.68. The summed E-state index contributed by atoms with van der Waals surface area (Å²) in [4.78, 5) is 7.45. The van der Waals surface area contributed by atoms with Crippen molar-refractivity contribution >= 4 is 11.8 Å². The number of fused-ring (bicyclic) bond motifs is 1. The van der Waals surface area contributed by atoms with Crippen molar-refractivity contribution < 1.29 is 4.39 Å². The summed E-state index contributed by atoms with van der Waals surface area (Å²) in [5.74, 6) is 2.82. The van der Waals surface area contributed by atoms with Gasteiger partial charge in [0.05, 0.1) is 11.4 Å². The van der Waals surface area contributed by atoms with Crippen LogP contribution >= 0.6 is 11.8 Å². The van der Waals surface area contributed by atoms with Gasteiger partial charge in [-0.1, -0.05) is 6.07 Å². The van der Waals surface area contributed by atoms with Crippen LogP contribution in [0.4, 0.5) is 4.39 Å². The van der Waals surface area contributed by atoms with Gasteiger partial charge in [-0.3, -0.25) is 0 Å². The maximum absolute atomic E-state index is 13.7. The van der Waals surface area contributed by atoms with Crippen LogP contribution in [0.2, 0.25) is 0 Å². The van der Waals surface area contributed by atoms with Crippen LogP contribution in [0.25, 0.3) is 5.69 Å². The molecule has 24 heavy (non-hydrogen) atoms. The van der Waals surface area contributed by atoms with Crippen LogP contribution in [0.1, 0.15) is 43.3 Å². The zero-order valence-electron chi connectivity index (χ0n) is 14.0. The molecule has 2 aromatic rings. The second-order valence-corrected chi connectivity index (χ2v) is 7.63. The molecule has 2 aliphatic rings. The first-order valence-corrected chi connectivity index (χ1v) is 10.1. The Balaban J connectivity index is 1.68. The van der Waals surface area contributed by atoms with Crippen LogP contribution in [-0.4, -0.2) is 45.1 Å². The second kappa shape index (κ2) is 6.84. The van der Waals surface area contributed by atoms with Gasteiger partial charge in [-0.2, -0.15) is 16.9 Å². The molecular weight excluding hydrogens is 323 g/mol. The van der Waals surface area contributed by atoms with Crippen LogP contribution in [0.15, 0.2) is 24.3 Å². The monoisotopic (exact) mass is 346 g/mol. The van der Waals surface area contributed by atoms with Gasteiger partial charge < -0.3 is 4.90 Å². The fourth-order valence-corrected chi connectivity index (χ4v) is 4.46. The molecule has 0 saturated carbocycles. The van der Waals surface area contributed by atoms with Crippen LogP contribution in [0.3, 0.4) is 0 Å². The van der Waals surface area contributed by atoms with Crippen LogP contribution in [0, 0.1) is 5.82 Å². The number of thioether (sulfide) groups is 1. The van der Waals surface area contributed by atoms with Gasteiger partial charge >= 0.3 is 0 Å². The smallest absolute Gasteiger partial charge is 0.161 e. The molecule has 2 aliphatic heterocycles. The number of hydrogen-bond acceptors (Lipinski definition) is 4. The van der Waals surface area contributed by atoms with E-state index in [0.717, 1.165) is 42.5 Å². The van der Waals surface area contributed by atoms with E-state index >= 15 is 0 Å². The molecule has 0 amide bonds. The van der Waals surface area contributed by atoms with Crippen LogP contribution in [0.5, 0.6) is 0 Å². The first-order valence-electron chi connectivity index (χ1n) is 8.69. The summed E-state index contributed by atoms with van der Waals surface area (Å²) in [6.45, 7) is 2.38. The van der Waals surface area contributed by atoms with Gasteiger partial charge in [0.25, 0.3) is 0 Å². The molecule has 6 heteroatoms. The highest BCUT2D eigenvalue weighted by Crippen LogP contribution is 2.36. The molecule has 2 saturated heterocycles. The molecule has 4 rings (SSSR count). The molecule has 1 aromatic carbocycles. The summed E-state index contributed by atoms with van der Waals surface area (Å²) >= 11 is 1.72. The summed E-state index contributed by atoms with van der Waals surface area (Å²) < 4.78 is 15.6. The Morgan fingerprint density at radius 1 is 1.29 bits per heavy atom. The third-order valence-corrected chi connectivity index (χ3v) is 5.73. The number of halogens is 1. The molecule has 1 aromatic heterocycles. The first-order chi connectivity index (χ1) is 11.7. The quantitative estimate of drug-likeness (QED) is 0.847. The largest absolute Gasteiger partial charge is 0.300 e. The Morgan fingerprint density at radius 2 is 2.21 bits per heavy atom. The first kappa shape index (κ1) is 16.1. The lowest BCUT2D eigenvalue weighted by Crippen LogP contribution is -2.37. The van der Waals surface area contributed by atoms with Gasteiger partial charge in [-0.15, -0.1) is 0 Å². The summed E-state index contributed by atoms with van der Waals surface area (Å²) in [6.07, 6.45) is 6.92. The highest BCUT2D eigenvalue weighted by Gasteiger charge is 2.34. The minimum absolute atomic E-state index is 0.231. The second-order valence-electron chi connectivity index (χ2n) is 6.76. The van der Waals surface area contributed by atoms with Crippen molar-refractivity contribution in [1.29, 1.82) is 0 Å². The Bertz CT molecular complexity index is 717. The Labute approximate surface area is 146 Å². The van der Waals surface area contributed by atoms with Crippen molar-refractivity contribution in [3.05, 3.63) is 41.7 Å². The zero-order chi connectivity index (χ0) is 16.5. The number of nitrogens with zero attached hydrogens (tertiary/aromatic N) is 4. The van der Waals surface area contributed by atoms with Crippen molar-refractivity contribution in [2.24, 2.45) is 0 Å². The van der Waals surface area contributed by atoms with Gasteiger partial charge in [-0.05, 0) is 63.2 Å². The number of piperidine rings is 1. The molecule has 2 atom stereocenters. The fourth-order valence-electron chi connectivity index (χ4n) is 4.08. The number of rotatable bonds is 4. The van der Waals surface area contributed by atoms with Crippen molar-refractivity contribution in [3.63, 3.8) is 0 Å². The Morgan fingerprint density at radius 3 is 3.04 bits per heavy atom. The molecule has 128 valence electrons. The van der Waals surface area contributed by atoms with Gasteiger partial charge in [0.15, 0.2) is 5.82 Å². The predicted octanol–water partition coefficient (Wildman–Crippen LogP) is 3.61. The molecule has 0 radical (unpaired) electrons. The van der Waals surface area contributed by atoms with E-state index in [1.165, 1.54) is 25.5 Å². The minimum Gasteiger partial charge on any atom is -0.300 e. The van der Waals surface area contributed by atoms with Crippen molar-refractivity contribution in [2.45, 2.75) is 43.4 Å². The number of benzene rings is 1. The summed E-state index contributed by atoms with van der Waals surface area (Å²) in [5.41, 5.74) is 0.777. The minimum atomic E-state index is -0.231. The van der Waals surface area contributed by atoms with E-state index in [1.54, 1.807) is 23.9 Å². The van der Waals surface area contributed by atoms with E-state index in [9.17, 15) is 4.39 Å². The molecule has 3 heterocycles. The fraction of sp³-hybridized carbons (Fsp3) is 0.556. The molecule has 2 fully saturated rings. The topological polar surface area (TPSA) is 34.0 Å². The molecule has 0 spiro atoms. The van der Waals surface area contributed by atoms with Crippen molar-refractivity contribution in [3.8, 4) is 5.69 Å². The van der Waals surface area contributed by atoms with Gasteiger partial charge in [0, 0.05) is 12.0 Å². The standard InChI is InChI=1S/C18H23FN4S/c1-24-12-17-20-18(13-7-9-22-8-3-6-15(22)10-13)23(21-17)16-5-2-4-14(19)11-16/h2,4-5,11,13,15H,3,6-10,12H2,1H3. The van der Waals surface area contributed by atoms with Crippen molar-refractivity contribution in [1.82, 2.24) is 19.7 Å². The highest BCUT2D eigenvalue weighted by atomic mass is 32.2. The molecular formula is C18H23FN4S. The van der Waals surface area contributed by atoms with E-state index in [2.05, 4.69) is 16.3 Å². The molecule has 0 aliphatic carbocycles. The number of hydrogen-bond donors (Lipinski definition) is 0. The Kier molecular flexibility index (Phi) is 4.59. The summed E-state index contributed by atoms with van der Waals surface area (Å²) in [7, 11) is 0. The normalized spacial score (nSPS) is 24.2. The van der Waals surface area contributed by atoms with E-state index < -0.39 is 0 Å². The SMILES string of the molecule is CSCc1nc(C2CCN3CCCC3C2)n(-c2cccc(F)c2)n1. The average molecular weight is 346 g/mol. The van der Waals surface area contributed by atoms with Gasteiger partial charge in [0.1, 0.15) is 11.6 Å². The van der Waals surface area contributed by atoms with Crippen molar-refractivity contribution in [2.75, 3.05) is 19.3 Å². The maximum atomic E-state index is 13.7. The van der Waals surface area contributed by atoms with Gasteiger partial charge in [0.2, 0.25) is 0 Å². The molecule has 4 nitrogen and oxygen atoms in total. The third kappa shape index (κ3) is 3.09. The maximum Gasteiger partial charge on any atom is 0.161 e. The third-order valence-electron chi connectivity index (χ3n) is 5.19. The van der Waals surface area contributed by atoms with Gasteiger partial charge in [-0.25, -0.2) is 14.1 Å². The molecule has 2 unspecified atom stereocenters. The Hall–Kier alpha value is -1.40. The highest BCUT2D eigenvalue weighted by molar-refractivity contribution is 7.97. The predicted molar refractivity (Wildman–Crippen MR) is 95.1 cm³/mol. The molecule has 0 N–H and O–H groups in total. The average Bonchev–Trinajstić information content (AvgIpc) is 3.21. The summed E-state index contributed by atoms with van der Waals surface area (Å²) in [6, 6.07) is 7.36. The number of aromatic nitrogens is 3. The van der Waals surface area contributed by atoms with E-state index in [4.69, 9.17) is 4.98 Å². The zero-order valence-corrected chi connectivity index (χ0v) is 14.8. The van der Waals surface area contributed by atoms with E-state index in [0.29, 0.717) is 12.0 Å².